The number of alkyl halides is 3. The smallest absolute Gasteiger partial charge is 0.416 e. The van der Waals surface area contributed by atoms with Crippen LogP contribution in [0.4, 0.5) is 13.2 Å². The Morgan fingerprint density at radius 3 is 2.52 bits per heavy atom. The van der Waals surface area contributed by atoms with Crippen molar-refractivity contribution in [1.82, 2.24) is 5.32 Å². The molecule has 0 aromatic heterocycles. The number of halogens is 5. The number of hydrogen-bond acceptors (Lipinski definition) is 4. The van der Waals surface area contributed by atoms with E-state index in [0.717, 1.165) is 13.2 Å². The predicted octanol–water partition coefficient (Wildman–Crippen LogP) is 2.36. The third-order valence-corrected chi connectivity index (χ3v) is 3.08. The summed E-state index contributed by atoms with van der Waals surface area (Å²) >= 11 is 11.4. The quantitative estimate of drug-likeness (QED) is 0.781. The summed E-state index contributed by atoms with van der Waals surface area (Å²) in [7, 11) is 1.16. The van der Waals surface area contributed by atoms with Gasteiger partial charge >= 0.3 is 6.18 Å². The Balaban J connectivity index is 3.03. The molecule has 21 heavy (non-hydrogen) atoms. The van der Waals surface area contributed by atoms with Crippen LogP contribution in [0.25, 0.3) is 0 Å². The lowest BCUT2D eigenvalue weighted by Gasteiger charge is -2.17. The van der Waals surface area contributed by atoms with Crippen LogP contribution in [0.2, 0.25) is 10.0 Å². The molecule has 3 N–H and O–H groups in total. The summed E-state index contributed by atoms with van der Waals surface area (Å²) in [5.74, 6) is -1.83. The van der Waals surface area contributed by atoms with Crippen molar-refractivity contribution in [2.24, 2.45) is 0 Å². The number of rotatable bonds is 4. The molecule has 0 fully saturated rings. The Morgan fingerprint density at radius 1 is 1.48 bits per heavy atom. The molecule has 0 aliphatic carbocycles. The van der Waals surface area contributed by atoms with Gasteiger partial charge in [-0.05, 0) is 0 Å². The van der Waals surface area contributed by atoms with E-state index >= 15 is 0 Å². The zero-order chi connectivity index (χ0) is 16.4. The molecule has 0 spiro atoms. The lowest BCUT2D eigenvalue weighted by Crippen LogP contribution is -2.40. The summed E-state index contributed by atoms with van der Waals surface area (Å²) < 4.78 is 41.3. The van der Waals surface area contributed by atoms with Gasteiger partial charge < -0.3 is 20.3 Å². The molecule has 1 rings (SSSR count). The minimum Gasteiger partial charge on any atom is -0.506 e. The molecule has 1 atom stereocenters. The molecule has 1 aromatic rings. The van der Waals surface area contributed by atoms with Crippen LogP contribution in [0.1, 0.15) is 10.4 Å². The molecule has 118 valence electrons. The second kappa shape index (κ2) is 6.59. The Hall–Kier alpha value is -1.38. The fraction of sp³-hybridized carbons (Fsp3) is 0.364. The number of benzene rings is 1. The zero-order valence-corrected chi connectivity index (χ0v) is 12.0. The molecular formula is C11H10Cl2F3NO4. The molecule has 1 aromatic carbocycles. The molecule has 0 unspecified atom stereocenters. The summed E-state index contributed by atoms with van der Waals surface area (Å²) in [4.78, 5) is 11.9. The topological polar surface area (TPSA) is 78.8 Å². The van der Waals surface area contributed by atoms with Crippen molar-refractivity contribution in [3.05, 3.63) is 21.7 Å². The highest BCUT2D eigenvalue weighted by molar-refractivity contribution is 6.38. The van der Waals surface area contributed by atoms with Crippen molar-refractivity contribution in [3.8, 4) is 11.5 Å². The largest absolute Gasteiger partial charge is 0.506 e. The molecule has 10 heteroatoms. The summed E-state index contributed by atoms with van der Waals surface area (Å²) in [5, 5.41) is 19.5. The van der Waals surface area contributed by atoms with E-state index in [-0.39, 0.29) is 10.8 Å². The molecule has 1 amide bonds. The van der Waals surface area contributed by atoms with Gasteiger partial charge in [0.25, 0.3) is 5.91 Å². The number of phenolic OH excluding ortho intramolecular Hbond substituents is 1. The summed E-state index contributed by atoms with van der Waals surface area (Å²) in [6, 6.07) is 1.02. The predicted molar refractivity (Wildman–Crippen MR) is 69.1 cm³/mol. The number of aromatic hydroxyl groups is 1. The van der Waals surface area contributed by atoms with E-state index < -0.39 is 41.1 Å². The maximum Gasteiger partial charge on any atom is 0.416 e. The third kappa shape index (κ3) is 4.05. The van der Waals surface area contributed by atoms with Gasteiger partial charge in [0.2, 0.25) is 0 Å². The standard InChI is InChI=1S/C11H10Cl2F3NO4/c1-21-9-4(12)2-5(18)8(13)7(9)10(20)17-3-6(19)11(14,15)16/h2,6,18-19H,3H2,1H3,(H,17,20)/t6-/m0/s1. The Bertz CT molecular complexity index is 551. The van der Waals surface area contributed by atoms with Crippen molar-refractivity contribution >= 4 is 29.1 Å². The van der Waals surface area contributed by atoms with Crippen LogP contribution in [0.3, 0.4) is 0 Å². The van der Waals surface area contributed by atoms with Crippen LogP contribution in [0, 0.1) is 0 Å². The first kappa shape index (κ1) is 17.7. The van der Waals surface area contributed by atoms with Gasteiger partial charge in [0.05, 0.1) is 23.7 Å². The van der Waals surface area contributed by atoms with Gasteiger partial charge in [0, 0.05) is 6.07 Å². The highest BCUT2D eigenvalue weighted by Gasteiger charge is 2.38. The van der Waals surface area contributed by atoms with E-state index in [1.165, 1.54) is 0 Å². The van der Waals surface area contributed by atoms with Crippen molar-refractivity contribution in [2.75, 3.05) is 13.7 Å². The van der Waals surface area contributed by atoms with Gasteiger partial charge in [-0.15, -0.1) is 0 Å². The van der Waals surface area contributed by atoms with Crippen LogP contribution in [0.15, 0.2) is 6.07 Å². The molecule has 0 bridgehead atoms. The average molecular weight is 348 g/mol. The van der Waals surface area contributed by atoms with Crippen LogP contribution in [0.5, 0.6) is 11.5 Å². The Kier molecular flexibility index (Phi) is 5.54. The van der Waals surface area contributed by atoms with Crippen LogP contribution < -0.4 is 10.1 Å². The summed E-state index contributed by atoms with van der Waals surface area (Å²) in [6.07, 6.45) is -7.61. The minimum atomic E-state index is -4.88. The van der Waals surface area contributed by atoms with Gasteiger partial charge in [-0.3, -0.25) is 4.79 Å². The molecule has 0 saturated carbocycles. The fourth-order valence-corrected chi connectivity index (χ4v) is 1.89. The first-order valence-electron chi connectivity index (χ1n) is 5.37. The number of aliphatic hydroxyl groups is 1. The van der Waals surface area contributed by atoms with Gasteiger partial charge in [0.15, 0.2) is 11.9 Å². The average Bonchev–Trinajstić information content (AvgIpc) is 2.38. The van der Waals surface area contributed by atoms with Crippen LogP contribution >= 0.6 is 23.2 Å². The normalized spacial score (nSPS) is 12.9. The molecule has 0 saturated heterocycles. The minimum absolute atomic E-state index is 0.152. The second-order valence-electron chi connectivity index (χ2n) is 3.87. The number of carbonyl (C=O) groups excluding carboxylic acids is 1. The maximum absolute atomic E-state index is 12.1. The first-order valence-corrected chi connectivity index (χ1v) is 6.13. The van der Waals surface area contributed by atoms with Crippen molar-refractivity contribution in [2.45, 2.75) is 12.3 Å². The van der Waals surface area contributed by atoms with Gasteiger partial charge in [-0.2, -0.15) is 13.2 Å². The van der Waals surface area contributed by atoms with E-state index in [1.807, 2.05) is 5.32 Å². The Labute approximate surface area is 127 Å². The Morgan fingerprint density at radius 2 is 2.05 bits per heavy atom. The number of carbonyl (C=O) groups is 1. The zero-order valence-electron chi connectivity index (χ0n) is 10.5. The number of amides is 1. The first-order chi connectivity index (χ1) is 9.59. The summed E-state index contributed by atoms with van der Waals surface area (Å²) in [5.41, 5.74) is -0.432. The van der Waals surface area contributed by atoms with Crippen LogP contribution in [-0.4, -0.2) is 42.1 Å². The van der Waals surface area contributed by atoms with E-state index in [9.17, 15) is 23.1 Å². The highest BCUT2D eigenvalue weighted by Crippen LogP contribution is 2.40. The van der Waals surface area contributed by atoms with E-state index in [0.29, 0.717) is 0 Å². The number of nitrogens with one attached hydrogen (secondary N) is 1. The molecule has 0 aliphatic heterocycles. The van der Waals surface area contributed by atoms with E-state index in [2.05, 4.69) is 0 Å². The van der Waals surface area contributed by atoms with E-state index in [4.69, 9.17) is 33.0 Å². The van der Waals surface area contributed by atoms with Gasteiger partial charge in [0.1, 0.15) is 11.3 Å². The fourth-order valence-electron chi connectivity index (χ4n) is 1.39. The monoisotopic (exact) mass is 347 g/mol. The van der Waals surface area contributed by atoms with Crippen molar-refractivity contribution in [3.63, 3.8) is 0 Å². The lowest BCUT2D eigenvalue weighted by atomic mass is 10.1. The maximum atomic E-state index is 12.1. The van der Waals surface area contributed by atoms with Gasteiger partial charge in [-0.25, -0.2) is 0 Å². The number of phenols is 1. The second-order valence-corrected chi connectivity index (χ2v) is 4.65. The summed E-state index contributed by atoms with van der Waals surface area (Å²) in [6.45, 7) is -1.09. The molecule has 0 radical (unpaired) electrons. The highest BCUT2D eigenvalue weighted by atomic mass is 35.5. The van der Waals surface area contributed by atoms with Gasteiger partial charge in [-0.1, -0.05) is 23.2 Å². The molecule has 0 heterocycles. The van der Waals surface area contributed by atoms with Crippen molar-refractivity contribution in [1.29, 1.82) is 0 Å². The third-order valence-electron chi connectivity index (χ3n) is 2.42. The number of aliphatic hydroxyl groups excluding tert-OH is 1. The number of ether oxygens (including phenoxy) is 1. The SMILES string of the molecule is COc1c(Cl)cc(O)c(Cl)c1C(=O)NC[C@H](O)C(F)(F)F. The molecular weight excluding hydrogens is 338 g/mol. The van der Waals surface area contributed by atoms with Crippen molar-refractivity contribution < 1.29 is 32.9 Å². The lowest BCUT2D eigenvalue weighted by molar-refractivity contribution is -0.201. The number of methoxy groups -OCH3 is 1. The molecule has 5 nitrogen and oxygen atoms in total. The van der Waals surface area contributed by atoms with Crippen LogP contribution in [-0.2, 0) is 0 Å². The van der Waals surface area contributed by atoms with E-state index in [1.54, 1.807) is 0 Å². The number of hydrogen-bond donors (Lipinski definition) is 3. The molecule has 0 aliphatic rings.